The van der Waals surface area contributed by atoms with Crippen LogP contribution in [0, 0.1) is 0 Å². The quantitative estimate of drug-likeness (QED) is 0.226. The highest BCUT2D eigenvalue weighted by molar-refractivity contribution is 5.88. The number of fused-ring (bicyclic) bond motifs is 6. The molecule has 0 saturated carbocycles. The average molecular weight is 753 g/mol. The number of benzene rings is 2. The first-order valence-electron chi connectivity index (χ1n) is 18.8. The molecule has 2 bridgehead atoms. The number of methoxy groups -OCH3 is 1. The van der Waals surface area contributed by atoms with Crippen molar-refractivity contribution in [3.05, 3.63) is 66.5 Å². The summed E-state index contributed by atoms with van der Waals surface area (Å²) in [5.74, 6) is 1.70. The summed E-state index contributed by atoms with van der Waals surface area (Å²) in [5, 5.41) is 5.23. The van der Waals surface area contributed by atoms with E-state index < -0.39 is 24.3 Å². The third-order valence-corrected chi connectivity index (χ3v) is 10.7. The molecule has 3 fully saturated rings. The van der Waals surface area contributed by atoms with Gasteiger partial charge in [-0.3, -0.25) is 9.59 Å². The number of ether oxygens (including phenoxy) is 4. The Morgan fingerprint density at radius 3 is 2.33 bits per heavy atom. The highest BCUT2D eigenvalue weighted by Crippen LogP contribution is 2.38. The van der Waals surface area contributed by atoms with E-state index in [2.05, 4.69) is 43.8 Å². The van der Waals surface area contributed by atoms with Gasteiger partial charge < -0.3 is 49.3 Å². The number of aromatic amines is 2. The molecule has 4 atom stereocenters. The van der Waals surface area contributed by atoms with E-state index >= 15 is 0 Å². The molecule has 55 heavy (non-hydrogen) atoms. The van der Waals surface area contributed by atoms with Gasteiger partial charge in [-0.15, -0.1) is 0 Å². The van der Waals surface area contributed by atoms with Gasteiger partial charge in [0, 0.05) is 25.3 Å². The average Bonchev–Trinajstić information content (AvgIpc) is 4.06. The van der Waals surface area contributed by atoms with E-state index in [9.17, 15) is 19.2 Å². The number of alkyl carbamates (subject to hydrolysis) is 2. The largest absolute Gasteiger partial charge is 0.493 e. The minimum atomic E-state index is -0.873. The second-order valence-electron chi connectivity index (χ2n) is 14.1. The van der Waals surface area contributed by atoms with Crippen molar-refractivity contribution in [2.24, 2.45) is 0 Å². The van der Waals surface area contributed by atoms with Crippen LogP contribution in [0.4, 0.5) is 9.59 Å². The fourth-order valence-corrected chi connectivity index (χ4v) is 7.79. The number of carbonyl (C=O) groups excluding carboxylic acids is 4. The number of hydrogen-bond acceptors (Lipinski definition) is 10. The number of nitrogens with zero attached hydrogens (tertiary/aromatic N) is 4. The van der Waals surface area contributed by atoms with Crippen molar-refractivity contribution in [3.63, 3.8) is 0 Å². The van der Waals surface area contributed by atoms with Crippen molar-refractivity contribution in [1.82, 2.24) is 40.4 Å². The second kappa shape index (κ2) is 15.8. The van der Waals surface area contributed by atoms with Crippen LogP contribution in [0.5, 0.6) is 5.75 Å². The van der Waals surface area contributed by atoms with Gasteiger partial charge >= 0.3 is 12.2 Å². The first-order chi connectivity index (χ1) is 26.9. The Hall–Kier alpha value is -5.90. The third kappa shape index (κ3) is 7.58. The van der Waals surface area contributed by atoms with E-state index in [1.165, 1.54) is 7.11 Å². The number of likely N-dealkylation sites (tertiary alicyclic amines) is 1. The number of H-pyrrole nitrogens is 2. The number of cyclic esters (lactones) is 1. The van der Waals surface area contributed by atoms with Gasteiger partial charge in [0.15, 0.2) is 0 Å². The highest BCUT2D eigenvalue weighted by Gasteiger charge is 2.39. The van der Waals surface area contributed by atoms with Gasteiger partial charge in [-0.25, -0.2) is 19.6 Å². The molecule has 4 aliphatic heterocycles. The topological polar surface area (TPSA) is 193 Å². The molecule has 16 heteroatoms. The fourth-order valence-electron chi connectivity index (χ4n) is 7.79. The molecule has 0 spiro atoms. The van der Waals surface area contributed by atoms with Crippen LogP contribution in [0.2, 0.25) is 0 Å². The Morgan fingerprint density at radius 1 is 0.818 bits per heavy atom. The van der Waals surface area contributed by atoms with Gasteiger partial charge in [0.25, 0.3) is 0 Å². The molecule has 4 aliphatic rings. The van der Waals surface area contributed by atoms with Gasteiger partial charge in [-0.05, 0) is 67.3 Å². The summed E-state index contributed by atoms with van der Waals surface area (Å²) in [7, 11) is 1.27. The maximum absolute atomic E-state index is 13.7. The molecule has 4 N–H and O–H groups in total. The number of amides is 4. The summed E-state index contributed by atoms with van der Waals surface area (Å²) in [5.41, 5.74) is 5.42. The van der Waals surface area contributed by atoms with Crippen molar-refractivity contribution >= 4 is 24.0 Å². The lowest BCUT2D eigenvalue weighted by Crippen LogP contribution is -2.50. The Kier molecular flexibility index (Phi) is 10.4. The maximum atomic E-state index is 13.7. The first kappa shape index (κ1) is 36.1. The van der Waals surface area contributed by atoms with Crippen LogP contribution >= 0.6 is 0 Å². The zero-order valence-electron chi connectivity index (χ0n) is 30.5. The van der Waals surface area contributed by atoms with Crippen LogP contribution in [-0.2, 0) is 23.8 Å². The van der Waals surface area contributed by atoms with Gasteiger partial charge in [0.2, 0.25) is 11.8 Å². The summed E-state index contributed by atoms with van der Waals surface area (Å²) in [4.78, 5) is 70.2. The normalized spacial score (nSPS) is 23.0. The molecule has 2 aromatic carbocycles. The highest BCUT2D eigenvalue weighted by atomic mass is 16.6. The number of nitrogens with one attached hydrogen (secondary N) is 4. The first-order valence-corrected chi connectivity index (χ1v) is 18.8. The Bertz CT molecular complexity index is 2050. The van der Waals surface area contributed by atoms with Crippen molar-refractivity contribution in [1.29, 1.82) is 0 Å². The standard InChI is InChI=1S/C39H44N8O8/c1-52-38(50)44-29-21-53-16-2-3-17-54-33-18-25(12-13-26(33)28-20-41-35(43-28)32-7-5-14-46(32)36(29)48)23-8-10-24(11-9-23)27-19-40-34(42-27)31-6-4-15-47(31)37(49)30-22-55-39(51)45-30/h8-13,18-20,29-32H,2-7,14-17,21-22H2,1H3,(H,40,42)(H,41,43)(H,44,50)(H,45,51)/t29-,30-,31-,32-/m0/s1. The Labute approximate surface area is 317 Å². The summed E-state index contributed by atoms with van der Waals surface area (Å²) >= 11 is 0. The third-order valence-electron chi connectivity index (χ3n) is 10.7. The predicted octanol–water partition coefficient (Wildman–Crippen LogP) is 4.48. The van der Waals surface area contributed by atoms with E-state index in [0.717, 1.165) is 59.3 Å². The van der Waals surface area contributed by atoms with Crippen molar-refractivity contribution in [2.75, 3.05) is 46.6 Å². The lowest BCUT2D eigenvalue weighted by molar-refractivity contribution is -0.136. The molecular weight excluding hydrogens is 708 g/mol. The lowest BCUT2D eigenvalue weighted by atomic mass is 10.00. The molecule has 288 valence electrons. The van der Waals surface area contributed by atoms with Crippen LogP contribution in [0.1, 0.15) is 62.3 Å². The molecule has 4 amide bonds. The van der Waals surface area contributed by atoms with Gasteiger partial charge in [0.1, 0.15) is 36.1 Å². The van der Waals surface area contributed by atoms with Crippen LogP contribution in [0.15, 0.2) is 54.9 Å². The monoisotopic (exact) mass is 752 g/mol. The minimum absolute atomic E-state index is 0.0343. The number of imidazole rings is 2. The summed E-state index contributed by atoms with van der Waals surface area (Å²) in [6.07, 6.45) is 6.90. The zero-order chi connectivity index (χ0) is 37.9. The molecular formula is C39H44N8O8. The zero-order valence-corrected chi connectivity index (χ0v) is 30.5. The van der Waals surface area contributed by atoms with Crippen LogP contribution in [0.25, 0.3) is 33.6 Å². The Morgan fingerprint density at radius 2 is 1.53 bits per heavy atom. The lowest BCUT2D eigenvalue weighted by Gasteiger charge is -2.28. The SMILES string of the molecule is COC(=O)N[C@H]1COCCCCOc2cc(-c3ccc(-c4cnc([C@@H]5CCCN5C(=O)[C@@H]5COC(=O)N5)[nH]4)cc3)ccc2-c2cnc([nH]2)[C@@H]2CCCN2C1=O. The van der Waals surface area contributed by atoms with Gasteiger partial charge in [0.05, 0.1) is 56.2 Å². The van der Waals surface area contributed by atoms with Crippen LogP contribution in [-0.4, -0.2) is 112 Å². The number of rotatable bonds is 5. The van der Waals surface area contributed by atoms with Crippen molar-refractivity contribution < 1.29 is 38.1 Å². The maximum Gasteiger partial charge on any atom is 0.407 e. The second-order valence-corrected chi connectivity index (χ2v) is 14.1. The molecule has 0 aliphatic carbocycles. The van der Waals surface area contributed by atoms with Crippen LogP contribution < -0.4 is 15.4 Å². The van der Waals surface area contributed by atoms with Crippen molar-refractivity contribution in [3.8, 4) is 39.4 Å². The number of carbonyl (C=O) groups is 4. The molecule has 16 nitrogen and oxygen atoms in total. The summed E-state index contributed by atoms with van der Waals surface area (Å²) in [6.45, 7) is 2.07. The van der Waals surface area contributed by atoms with Gasteiger partial charge in [-0.1, -0.05) is 30.3 Å². The molecule has 0 radical (unpaired) electrons. The molecule has 8 rings (SSSR count). The molecule has 2 aromatic heterocycles. The summed E-state index contributed by atoms with van der Waals surface area (Å²) < 4.78 is 22.0. The predicted molar refractivity (Wildman–Crippen MR) is 198 cm³/mol. The van der Waals surface area contributed by atoms with Crippen LogP contribution in [0.3, 0.4) is 0 Å². The Balaban J connectivity index is 1.00. The minimum Gasteiger partial charge on any atom is -0.493 e. The van der Waals surface area contributed by atoms with Gasteiger partial charge in [-0.2, -0.15) is 0 Å². The van der Waals surface area contributed by atoms with E-state index in [-0.39, 0.29) is 37.1 Å². The van der Waals surface area contributed by atoms with E-state index in [0.29, 0.717) is 56.5 Å². The van der Waals surface area contributed by atoms with Crippen molar-refractivity contribution in [2.45, 2.75) is 62.7 Å². The number of aromatic nitrogens is 4. The molecule has 3 saturated heterocycles. The van der Waals surface area contributed by atoms with E-state index in [1.807, 2.05) is 24.3 Å². The summed E-state index contributed by atoms with van der Waals surface area (Å²) in [6, 6.07) is 12.3. The molecule has 4 aromatic rings. The smallest absolute Gasteiger partial charge is 0.407 e. The fraction of sp³-hybridized carbons (Fsp3) is 0.436. The van der Waals surface area contributed by atoms with E-state index in [1.54, 1.807) is 22.2 Å². The molecule has 6 heterocycles. The number of hydrogen-bond donors (Lipinski definition) is 4. The van der Waals surface area contributed by atoms with E-state index in [4.69, 9.17) is 23.9 Å². The molecule has 0 unspecified atom stereocenters.